The first kappa shape index (κ1) is 25.2. The van der Waals surface area contributed by atoms with E-state index < -0.39 is 23.4 Å². The van der Waals surface area contributed by atoms with Crippen LogP contribution in [-0.2, 0) is 0 Å². The normalized spacial score (nSPS) is 23.5. The summed E-state index contributed by atoms with van der Waals surface area (Å²) in [5.74, 6) is 2.18. The van der Waals surface area contributed by atoms with Gasteiger partial charge in [-0.2, -0.15) is 9.97 Å². The number of aromatic nitrogens is 3. The number of likely N-dealkylation sites (tertiary alicyclic amines) is 1. The largest absolute Gasteiger partial charge is 0.508 e. The Morgan fingerprint density at radius 2 is 1.93 bits per heavy atom. The van der Waals surface area contributed by atoms with Crippen molar-refractivity contribution in [2.24, 2.45) is 5.41 Å². The molecule has 4 fully saturated rings. The number of phenolic OH excluding ortho intramolecular Hbond substituents is 1. The number of hydrogen-bond donors (Lipinski definition) is 2. The summed E-state index contributed by atoms with van der Waals surface area (Å²) in [6.45, 7) is 1.81. The monoisotopic (exact) mass is 596 g/mol. The van der Waals surface area contributed by atoms with Gasteiger partial charge in [-0.15, -0.1) is 6.42 Å². The molecule has 3 aliphatic heterocycles. The van der Waals surface area contributed by atoms with Crippen LogP contribution in [0.2, 0.25) is 0 Å². The molecule has 5 heterocycles. The molecule has 0 unspecified atom stereocenters. The van der Waals surface area contributed by atoms with Crippen LogP contribution in [0.25, 0.3) is 27.4 Å². The molecule has 2 aromatic carbocycles. The fraction of sp³-hybridized carbons (Fsp3) is 0.441. The lowest BCUT2D eigenvalue weighted by Crippen LogP contribution is -2.51. The second-order valence-electron chi connectivity index (χ2n) is 12.7. The predicted molar refractivity (Wildman–Crippen MR) is 167 cm³/mol. The molecule has 0 amide bonds. The van der Waals surface area contributed by atoms with Gasteiger partial charge < -0.3 is 25.0 Å². The lowest BCUT2D eigenvalue weighted by molar-refractivity contribution is 0.170. The fourth-order valence-electron chi connectivity index (χ4n) is 7.23. The molecule has 1 aliphatic carbocycles. The standard InChI is InChI=1S/C34H35FN6O3/c1-2-25-27(35)8-5-21-15-24(42)16-28(29(21)25)41-14-9-26-30(32(41)43)37-33(38-31(26)40-17-22-6-7-23(18-40)36-22)44-20-34(10-11-34)19-39-12-3-4-13-39/h1,5,8-9,14-16,22-23,36,42H,3-4,6-7,10-13,17-20H2/t22-,23+/i20D2. The van der Waals surface area contributed by atoms with Gasteiger partial charge in [0.2, 0.25) is 0 Å². The number of phenols is 1. The number of aromatic hydroxyl groups is 1. The average Bonchev–Trinajstić information content (AvgIpc) is 3.51. The van der Waals surface area contributed by atoms with Crippen molar-refractivity contribution in [3.8, 4) is 29.8 Å². The van der Waals surface area contributed by atoms with Crippen LogP contribution in [0.5, 0.6) is 11.8 Å². The number of nitrogens with zero attached hydrogens (tertiary/aromatic N) is 5. The lowest BCUT2D eigenvalue weighted by Gasteiger charge is -2.34. The van der Waals surface area contributed by atoms with Crippen molar-refractivity contribution in [1.82, 2.24) is 24.8 Å². The summed E-state index contributed by atoms with van der Waals surface area (Å²) in [4.78, 5) is 28.1. The maximum atomic E-state index is 14.9. The Bertz CT molecular complexity index is 1970. The first-order chi connectivity index (χ1) is 22.1. The number of pyridine rings is 1. The SMILES string of the molecule is [2H]C([2H])(Oc1nc(N2C[C@H]3CC[C@@H](C2)N3)c2ccn(-c3cc(O)cc4ccc(F)c(C#C)c34)c(=O)c2n1)C1(CN2CCCC2)CC1. The van der Waals surface area contributed by atoms with E-state index in [9.17, 15) is 14.3 Å². The third-order valence-electron chi connectivity index (χ3n) is 9.60. The molecule has 44 heavy (non-hydrogen) atoms. The van der Waals surface area contributed by atoms with Crippen molar-refractivity contribution in [3.63, 3.8) is 0 Å². The van der Waals surface area contributed by atoms with E-state index in [1.54, 1.807) is 12.3 Å². The van der Waals surface area contributed by atoms with Gasteiger partial charge >= 0.3 is 6.01 Å². The third-order valence-corrected chi connectivity index (χ3v) is 9.60. The summed E-state index contributed by atoms with van der Waals surface area (Å²) in [6, 6.07) is 7.68. The van der Waals surface area contributed by atoms with Crippen LogP contribution in [0.1, 0.15) is 46.8 Å². The summed E-state index contributed by atoms with van der Waals surface area (Å²) in [6.07, 6.45) is 13.0. The highest BCUT2D eigenvalue weighted by Gasteiger charge is 2.45. The Kier molecular flexibility index (Phi) is 5.98. The highest BCUT2D eigenvalue weighted by molar-refractivity contribution is 5.97. The molecular weight excluding hydrogens is 559 g/mol. The highest BCUT2D eigenvalue weighted by atomic mass is 19.1. The van der Waals surface area contributed by atoms with E-state index in [0.717, 1.165) is 38.8 Å². The highest BCUT2D eigenvalue weighted by Crippen LogP contribution is 2.47. The molecule has 226 valence electrons. The van der Waals surface area contributed by atoms with Crippen molar-refractivity contribution in [2.75, 3.05) is 44.2 Å². The van der Waals surface area contributed by atoms with E-state index in [-0.39, 0.29) is 40.6 Å². The summed E-state index contributed by atoms with van der Waals surface area (Å²) in [5.41, 5.74) is -1.01. The molecule has 4 aliphatic rings. The van der Waals surface area contributed by atoms with E-state index >= 15 is 0 Å². The van der Waals surface area contributed by atoms with Crippen LogP contribution < -0.4 is 20.5 Å². The number of fused-ring (bicyclic) bond motifs is 4. The lowest BCUT2D eigenvalue weighted by atomic mass is 10.0. The van der Waals surface area contributed by atoms with Crippen molar-refractivity contribution in [1.29, 1.82) is 0 Å². The second-order valence-corrected chi connectivity index (χ2v) is 12.7. The molecule has 10 heteroatoms. The first-order valence-electron chi connectivity index (χ1n) is 16.4. The van der Waals surface area contributed by atoms with Crippen LogP contribution >= 0.6 is 0 Å². The van der Waals surface area contributed by atoms with E-state index in [2.05, 4.69) is 26.0 Å². The molecule has 0 spiro atoms. The van der Waals surface area contributed by atoms with Gasteiger partial charge in [-0.05, 0) is 75.2 Å². The smallest absolute Gasteiger partial charge is 0.319 e. The quantitative estimate of drug-likeness (QED) is 0.310. The molecule has 9 nitrogen and oxygen atoms in total. The van der Waals surface area contributed by atoms with Crippen molar-refractivity contribution < 1.29 is 17.0 Å². The van der Waals surface area contributed by atoms with Crippen LogP contribution in [0, 0.1) is 23.6 Å². The van der Waals surface area contributed by atoms with Crippen molar-refractivity contribution in [2.45, 2.75) is 50.6 Å². The van der Waals surface area contributed by atoms with Crippen LogP contribution in [0.4, 0.5) is 10.2 Å². The number of rotatable bonds is 7. The van der Waals surface area contributed by atoms with E-state index in [1.807, 2.05) is 0 Å². The first-order valence-corrected chi connectivity index (χ1v) is 15.4. The van der Waals surface area contributed by atoms with E-state index in [0.29, 0.717) is 54.5 Å². The summed E-state index contributed by atoms with van der Waals surface area (Å²) in [5, 5.41) is 15.5. The molecule has 3 saturated heterocycles. The summed E-state index contributed by atoms with van der Waals surface area (Å²) >= 11 is 0. The van der Waals surface area contributed by atoms with Crippen LogP contribution in [0.3, 0.4) is 0 Å². The number of piperazine rings is 1. The number of halogens is 1. The minimum atomic E-state index is -2.06. The molecule has 4 aromatic rings. The number of nitrogens with one attached hydrogen (secondary N) is 1. The summed E-state index contributed by atoms with van der Waals surface area (Å²) < 4.78 is 40.3. The van der Waals surface area contributed by atoms with Gasteiger partial charge in [-0.25, -0.2) is 4.39 Å². The number of benzene rings is 2. The van der Waals surface area contributed by atoms with Gasteiger partial charge in [0.05, 0.1) is 25.9 Å². The Morgan fingerprint density at radius 1 is 1.16 bits per heavy atom. The zero-order valence-electron chi connectivity index (χ0n) is 26.4. The predicted octanol–water partition coefficient (Wildman–Crippen LogP) is 3.96. The number of terminal acetylenes is 1. The number of anilines is 1. The Hall–Kier alpha value is -4.20. The maximum absolute atomic E-state index is 14.9. The van der Waals surface area contributed by atoms with E-state index in [4.69, 9.17) is 18.9 Å². The van der Waals surface area contributed by atoms with Gasteiger partial charge in [0, 0.05) is 54.8 Å². The maximum Gasteiger partial charge on any atom is 0.319 e. The summed E-state index contributed by atoms with van der Waals surface area (Å²) in [7, 11) is 0. The Balaban J connectivity index is 1.28. The van der Waals surface area contributed by atoms with Gasteiger partial charge in [0.25, 0.3) is 5.56 Å². The molecule has 2 aromatic heterocycles. The number of ether oxygens (including phenoxy) is 1. The fourth-order valence-corrected chi connectivity index (χ4v) is 7.23. The molecule has 1 saturated carbocycles. The zero-order valence-corrected chi connectivity index (χ0v) is 24.4. The van der Waals surface area contributed by atoms with Gasteiger partial charge in [0.15, 0.2) is 0 Å². The van der Waals surface area contributed by atoms with Crippen molar-refractivity contribution in [3.05, 3.63) is 58.3 Å². The Morgan fingerprint density at radius 3 is 2.66 bits per heavy atom. The molecule has 2 bridgehead atoms. The Labute approximate surface area is 257 Å². The molecule has 2 N–H and O–H groups in total. The van der Waals surface area contributed by atoms with Gasteiger partial charge in [0.1, 0.15) is 22.9 Å². The minimum Gasteiger partial charge on any atom is -0.508 e. The third kappa shape index (κ3) is 4.75. The topological polar surface area (TPSA) is 95.8 Å². The molecular formula is C34H35FN6O3. The number of hydrogen-bond acceptors (Lipinski definition) is 8. The van der Waals surface area contributed by atoms with Crippen molar-refractivity contribution >= 4 is 27.5 Å². The molecule has 2 atom stereocenters. The zero-order chi connectivity index (χ0) is 31.8. The van der Waals surface area contributed by atoms with Crippen LogP contribution in [0.15, 0.2) is 41.3 Å². The average molecular weight is 597 g/mol. The molecule has 0 radical (unpaired) electrons. The van der Waals surface area contributed by atoms with Gasteiger partial charge in [-0.1, -0.05) is 12.0 Å². The van der Waals surface area contributed by atoms with E-state index in [1.165, 1.54) is 28.8 Å². The second kappa shape index (κ2) is 10.5. The van der Waals surface area contributed by atoms with Crippen LogP contribution in [-0.4, -0.2) is 75.9 Å². The van der Waals surface area contributed by atoms with Gasteiger partial charge in [-0.3, -0.25) is 9.36 Å². The molecule has 8 rings (SSSR count). The minimum absolute atomic E-state index is 0.0240.